The van der Waals surface area contributed by atoms with Gasteiger partial charge >= 0.3 is 0 Å². The Morgan fingerprint density at radius 3 is 2.67 bits per heavy atom. The van der Waals surface area contributed by atoms with E-state index >= 15 is 0 Å². The quantitative estimate of drug-likeness (QED) is 0.387. The van der Waals surface area contributed by atoms with Gasteiger partial charge in [0.1, 0.15) is 5.82 Å². The average molecular weight is 293 g/mol. The highest BCUT2D eigenvalue weighted by Crippen LogP contribution is 2.25. The van der Waals surface area contributed by atoms with Gasteiger partial charge in [-0.15, -0.1) is 0 Å². The van der Waals surface area contributed by atoms with Crippen LogP contribution in [0.3, 0.4) is 0 Å². The van der Waals surface area contributed by atoms with Crippen LogP contribution in [0.25, 0.3) is 0 Å². The molecule has 0 heterocycles. The van der Waals surface area contributed by atoms with Crippen LogP contribution in [-0.2, 0) is 0 Å². The van der Waals surface area contributed by atoms with Crippen LogP contribution in [0.2, 0.25) is 0 Å². The highest BCUT2D eigenvalue weighted by Gasteiger charge is 2.28. The summed E-state index contributed by atoms with van der Waals surface area (Å²) in [5.41, 5.74) is 6.53. The third kappa shape index (κ3) is 3.71. The molecule has 0 unspecified atom stereocenters. The van der Waals surface area contributed by atoms with Crippen LogP contribution in [0.15, 0.2) is 23.4 Å². The summed E-state index contributed by atoms with van der Waals surface area (Å²) in [5.74, 6) is -0.743. The zero-order valence-corrected chi connectivity index (χ0v) is 12.1. The molecule has 0 radical (unpaired) electrons. The molecule has 0 aromatic heterocycles. The van der Waals surface area contributed by atoms with Crippen molar-refractivity contribution in [2.24, 2.45) is 10.9 Å². The Bertz CT molecular complexity index is 534. The van der Waals surface area contributed by atoms with Crippen LogP contribution < -0.4 is 5.73 Å². The Balaban J connectivity index is 2.28. The number of amides is 1. The van der Waals surface area contributed by atoms with E-state index in [1.165, 1.54) is 12.1 Å². The highest BCUT2D eigenvalue weighted by molar-refractivity contribution is 5.97. The smallest absolute Gasteiger partial charge is 0.254 e. The fourth-order valence-corrected chi connectivity index (χ4v) is 2.81. The van der Waals surface area contributed by atoms with Gasteiger partial charge in [0.15, 0.2) is 5.84 Å². The number of nitrogens with two attached hydrogens (primary N) is 1. The van der Waals surface area contributed by atoms with Gasteiger partial charge in [-0.1, -0.05) is 18.0 Å². The second kappa shape index (κ2) is 6.56. The molecule has 5 nitrogen and oxygen atoms in total. The molecule has 6 heteroatoms. The maximum absolute atomic E-state index is 13.5. The summed E-state index contributed by atoms with van der Waals surface area (Å²) in [4.78, 5) is 14.2. The Labute approximate surface area is 123 Å². The number of hydrogen-bond donors (Lipinski definition) is 2. The number of hydrogen-bond acceptors (Lipinski definition) is 3. The van der Waals surface area contributed by atoms with Gasteiger partial charge in [0, 0.05) is 11.6 Å². The summed E-state index contributed by atoms with van der Waals surface area (Å²) in [5, 5.41) is 11.7. The van der Waals surface area contributed by atoms with Crippen molar-refractivity contribution in [3.8, 4) is 0 Å². The van der Waals surface area contributed by atoms with E-state index in [2.05, 4.69) is 5.16 Å². The second-order valence-electron chi connectivity index (χ2n) is 5.48. The number of nitrogens with zero attached hydrogens (tertiary/aromatic N) is 2. The number of rotatable bonds is 4. The minimum Gasteiger partial charge on any atom is -0.409 e. The van der Waals surface area contributed by atoms with Crippen molar-refractivity contribution in [1.29, 1.82) is 0 Å². The number of carbonyl (C=O) groups is 1. The third-order valence-corrected chi connectivity index (χ3v) is 3.78. The Morgan fingerprint density at radius 2 is 2.10 bits per heavy atom. The molecule has 114 valence electrons. The van der Waals surface area contributed by atoms with Crippen LogP contribution >= 0.6 is 0 Å². The fraction of sp³-hybridized carbons (Fsp3) is 0.467. The lowest BCUT2D eigenvalue weighted by molar-refractivity contribution is 0.0711. The first kappa shape index (κ1) is 15.3. The van der Waals surface area contributed by atoms with E-state index in [0.29, 0.717) is 11.1 Å². The largest absolute Gasteiger partial charge is 0.409 e. The van der Waals surface area contributed by atoms with Gasteiger partial charge < -0.3 is 15.8 Å². The predicted molar refractivity (Wildman–Crippen MR) is 77.8 cm³/mol. The summed E-state index contributed by atoms with van der Waals surface area (Å²) in [6.07, 6.45) is 3.87. The summed E-state index contributed by atoms with van der Waals surface area (Å²) in [7, 11) is 0. The molecule has 1 fully saturated rings. The van der Waals surface area contributed by atoms with E-state index in [-0.39, 0.29) is 24.3 Å². The Hall–Kier alpha value is -2.11. The van der Waals surface area contributed by atoms with E-state index in [1.54, 1.807) is 17.9 Å². The molecule has 1 aromatic rings. The summed E-state index contributed by atoms with van der Waals surface area (Å²) in [6, 6.07) is 4.31. The second-order valence-corrected chi connectivity index (χ2v) is 5.48. The lowest BCUT2D eigenvalue weighted by Crippen LogP contribution is -2.44. The molecule has 1 aromatic carbocycles. The van der Waals surface area contributed by atoms with Crippen molar-refractivity contribution in [3.05, 3.63) is 35.1 Å². The first-order chi connectivity index (χ1) is 10.0. The number of carbonyl (C=O) groups excluding carboxylic acids is 1. The van der Waals surface area contributed by atoms with E-state index in [9.17, 15) is 9.18 Å². The van der Waals surface area contributed by atoms with Gasteiger partial charge in [0.2, 0.25) is 0 Å². The summed E-state index contributed by atoms with van der Waals surface area (Å²) < 4.78 is 13.5. The number of amidine groups is 1. The van der Waals surface area contributed by atoms with Gasteiger partial charge in [-0.25, -0.2) is 4.39 Å². The Morgan fingerprint density at radius 1 is 1.43 bits per heavy atom. The minimum absolute atomic E-state index is 0.0247. The molecule has 1 aliphatic carbocycles. The summed E-state index contributed by atoms with van der Waals surface area (Å²) in [6.45, 7) is 1.79. The monoisotopic (exact) mass is 293 g/mol. The maximum Gasteiger partial charge on any atom is 0.254 e. The standard InChI is InChI=1S/C15H20FN3O2/c1-10-6-11(8-12(16)7-10)15(20)19(9-14(17)18-21)13-4-2-3-5-13/h6-8,13,21H,2-5,9H2,1H3,(H2,17,18). The van der Waals surface area contributed by atoms with Crippen molar-refractivity contribution in [2.75, 3.05) is 6.54 Å². The maximum atomic E-state index is 13.5. The molecule has 1 saturated carbocycles. The van der Waals surface area contributed by atoms with Crippen molar-refractivity contribution in [2.45, 2.75) is 38.6 Å². The topological polar surface area (TPSA) is 78.9 Å². The number of benzene rings is 1. The zero-order chi connectivity index (χ0) is 15.4. The fourth-order valence-electron chi connectivity index (χ4n) is 2.81. The van der Waals surface area contributed by atoms with Gasteiger partial charge in [0.05, 0.1) is 6.54 Å². The molecule has 0 spiro atoms. The first-order valence-corrected chi connectivity index (χ1v) is 7.06. The van der Waals surface area contributed by atoms with Gasteiger partial charge in [-0.2, -0.15) is 0 Å². The lowest BCUT2D eigenvalue weighted by atomic mass is 10.1. The molecule has 0 bridgehead atoms. The van der Waals surface area contributed by atoms with Crippen molar-refractivity contribution in [3.63, 3.8) is 0 Å². The molecule has 1 amide bonds. The molecular formula is C15H20FN3O2. The van der Waals surface area contributed by atoms with Crippen molar-refractivity contribution in [1.82, 2.24) is 4.90 Å². The molecule has 21 heavy (non-hydrogen) atoms. The highest BCUT2D eigenvalue weighted by atomic mass is 19.1. The van der Waals surface area contributed by atoms with E-state index in [1.807, 2.05) is 0 Å². The van der Waals surface area contributed by atoms with Gasteiger partial charge in [0.25, 0.3) is 5.91 Å². The zero-order valence-electron chi connectivity index (χ0n) is 12.1. The van der Waals surface area contributed by atoms with E-state index in [0.717, 1.165) is 25.7 Å². The lowest BCUT2D eigenvalue weighted by Gasteiger charge is -2.28. The number of oxime groups is 1. The third-order valence-electron chi connectivity index (χ3n) is 3.78. The molecular weight excluding hydrogens is 273 g/mol. The van der Waals surface area contributed by atoms with Crippen molar-refractivity contribution >= 4 is 11.7 Å². The van der Waals surface area contributed by atoms with E-state index < -0.39 is 5.82 Å². The molecule has 2 rings (SSSR count). The van der Waals surface area contributed by atoms with Gasteiger partial charge in [-0.05, 0) is 43.5 Å². The Kier molecular flexibility index (Phi) is 4.77. The average Bonchev–Trinajstić information content (AvgIpc) is 2.96. The minimum atomic E-state index is -0.437. The predicted octanol–water partition coefficient (Wildman–Crippen LogP) is 2.27. The molecule has 1 aliphatic rings. The SMILES string of the molecule is Cc1cc(F)cc(C(=O)N(C/C(N)=N/O)C2CCCC2)c1. The van der Waals surface area contributed by atoms with Gasteiger partial charge in [-0.3, -0.25) is 4.79 Å². The molecule has 0 atom stereocenters. The first-order valence-electron chi connectivity index (χ1n) is 7.06. The van der Waals surface area contributed by atoms with Crippen LogP contribution in [-0.4, -0.2) is 34.4 Å². The van der Waals surface area contributed by atoms with Crippen molar-refractivity contribution < 1.29 is 14.4 Å². The molecule has 0 saturated heterocycles. The van der Waals surface area contributed by atoms with Crippen LogP contribution in [0.4, 0.5) is 4.39 Å². The van der Waals surface area contributed by atoms with Crippen LogP contribution in [0.1, 0.15) is 41.6 Å². The normalized spacial score (nSPS) is 16.2. The number of aryl methyl sites for hydroxylation is 1. The molecule has 3 N–H and O–H groups in total. The van der Waals surface area contributed by atoms with E-state index in [4.69, 9.17) is 10.9 Å². The number of halogens is 1. The van der Waals surface area contributed by atoms with Crippen LogP contribution in [0.5, 0.6) is 0 Å². The molecule has 0 aliphatic heterocycles. The van der Waals surface area contributed by atoms with Crippen LogP contribution in [0, 0.1) is 12.7 Å². The summed E-state index contributed by atoms with van der Waals surface area (Å²) >= 11 is 0.